The van der Waals surface area contributed by atoms with E-state index in [1.807, 2.05) is 0 Å². The number of imide groups is 1. The molecular formula is C29H31N11Na2O11S2. The number of aliphatic carboxylic acids is 2. The average molecular weight is 820 g/mol. The molecule has 0 spiro atoms. The van der Waals surface area contributed by atoms with Crippen LogP contribution in [0.4, 0.5) is 15.3 Å². The van der Waals surface area contributed by atoms with Crippen LogP contribution < -0.4 is 91.0 Å². The number of nitrogens with one attached hydrogen (secondary N) is 3. The first-order valence-electron chi connectivity index (χ1n) is 15.7. The molecule has 3 aliphatic rings. The maximum absolute atomic E-state index is 14.2. The number of piperazine rings is 1. The van der Waals surface area contributed by atoms with E-state index in [1.54, 1.807) is 14.0 Å². The Bertz CT molecular complexity index is 1900. The van der Waals surface area contributed by atoms with Gasteiger partial charge in [0.2, 0.25) is 17.0 Å². The summed E-state index contributed by atoms with van der Waals surface area (Å²) in [6.45, 7) is 1.04. The van der Waals surface area contributed by atoms with E-state index in [-0.39, 0.29) is 108 Å². The number of hydrogen-bond acceptors (Lipinski definition) is 17. The van der Waals surface area contributed by atoms with E-state index in [1.165, 1.54) is 33.8 Å². The van der Waals surface area contributed by atoms with Crippen LogP contribution in [0, 0.1) is 0 Å². The van der Waals surface area contributed by atoms with Gasteiger partial charge in [-0.3, -0.25) is 34.3 Å². The minimum absolute atomic E-state index is 0. The first-order valence-corrected chi connectivity index (χ1v) is 17.6. The summed E-state index contributed by atoms with van der Waals surface area (Å²) in [7, 11) is 1.55. The molecule has 0 bridgehead atoms. The van der Waals surface area contributed by atoms with Crippen molar-refractivity contribution >= 4 is 76.9 Å². The SMILES string of the molecule is CCN1CCN(C(=O)NC(C(=O)NC2S[C@H]3CC(=O)N3C(C(=O)[O-])=C2CSc2nnnn2C)c2cccc(NC(=O)OC[C@@H](N)C(=O)[O-])c2)C(=O)C1=O.[Na+].[Na+]. The number of nitrogens with zero attached hydrogens (tertiary/aromatic N) is 7. The van der Waals surface area contributed by atoms with Crippen molar-refractivity contribution < 1.29 is 112 Å². The summed E-state index contributed by atoms with van der Waals surface area (Å²) in [4.78, 5) is 104. The van der Waals surface area contributed by atoms with Crippen molar-refractivity contribution in [3.63, 3.8) is 0 Å². The van der Waals surface area contributed by atoms with Crippen LogP contribution in [0.5, 0.6) is 0 Å². The molecule has 0 radical (unpaired) electrons. The Morgan fingerprint density at radius 3 is 2.45 bits per heavy atom. The van der Waals surface area contributed by atoms with Gasteiger partial charge in [-0.2, -0.15) is 0 Å². The number of tetrazole rings is 1. The number of carbonyl (C=O) groups is 8. The molecular weight excluding hydrogens is 788 g/mol. The number of ether oxygens (including phenoxy) is 1. The van der Waals surface area contributed by atoms with Gasteiger partial charge < -0.3 is 45.8 Å². The van der Waals surface area contributed by atoms with Crippen molar-refractivity contribution in [2.75, 3.05) is 37.3 Å². The number of likely N-dealkylation sites (N-methyl/N-ethyl adjacent to an activating group) is 1. The summed E-state index contributed by atoms with van der Waals surface area (Å²) in [6.07, 6.45) is -1.14. The minimum atomic E-state index is -1.67. The molecule has 1 aromatic heterocycles. The Morgan fingerprint density at radius 2 is 1.84 bits per heavy atom. The maximum atomic E-state index is 14.2. The van der Waals surface area contributed by atoms with E-state index in [9.17, 15) is 48.6 Å². The number of aryl methyl sites for hydroxylation is 1. The molecule has 26 heteroatoms. The van der Waals surface area contributed by atoms with Gasteiger partial charge in [-0.25, -0.2) is 14.3 Å². The zero-order valence-corrected chi connectivity index (χ0v) is 35.5. The number of urea groups is 1. The largest absolute Gasteiger partial charge is 1.00 e. The molecule has 55 heavy (non-hydrogen) atoms. The topological polar surface area (TPSA) is 307 Å². The van der Waals surface area contributed by atoms with Crippen molar-refractivity contribution in [2.24, 2.45) is 12.8 Å². The van der Waals surface area contributed by atoms with Crippen molar-refractivity contribution in [3.05, 3.63) is 41.1 Å². The fourth-order valence-corrected chi connectivity index (χ4v) is 7.78. The maximum Gasteiger partial charge on any atom is 1.00 e. The Morgan fingerprint density at radius 1 is 1.11 bits per heavy atom. The molecule has 2 fully saturated rings. The summed E-state index contributed by atoms with van der Waals surface area (Å²) in [6, 6.07) is 1.12. The second-order valence-corrected chi connectivity index (χ2v) is 13.7. The van der Waals surface area contributed by atoms with Crippen LogP contribution in [0.3, 0.4) is 0 Å². The number of thioether (sulfide) groups is 2. The first-order chi connectivity index (χ1) is 25.2. The van der Waals surface area contributed by atoms with Crippen LogP contribution in [0.2, 0.25) is 0 Å². The third kappa shape index (κ3) is 10.6. The fourth-order valence-electron chi connectivity index (χ4n) is 5.33. The van der Waals surface area contributed by atoms with Gasteiger partial charge in [-0.05, 0) is 40.6 Å². The van der Waals surface area contributed by atoms with Crippen molar-refractivity contribution in [1.82, 2.24) is 45.5 Å². The fraction of sp³-hybridized carbons (Fsp3) is 0.414. The molecule has 22 nitrogen and oxygen atoms in total. The van der Waals surface area contributed by atoms with Crippen LogP contribution in [0.15, 0.2) is 40.7 Å². The van der Waals surface area contributed by atoms with Crippen molar-refractivity contribution in [3.8, 4) is 0 Å². The summed E-state index contributed by atoms with van der Waals surface area (Å²) in [5, 5.41) is 40.5. The number of carbonyl (C=O) groups excluding carboxylic acids is 8. The van der Waals surface area contributed by atoms with E-state index in [0.29, 0.717) is 10.1 Å². The van der Waals surface area contributed by atoms with Gasteiger partial charge in [0.25, 0.3) is 0 Å². The van der Waals surface area contributed by atoms with Crippen LogP contribution in [0.25, 0.3) is 0 Å². The number of nitrogens with two attached hydrogens (primary N) is 1. The van der Waals surface area contributed by atoms with Crippen LogP contribution in [-0.4, -0.2) is 131 Å². The number of aromatic nitrogens is 4. The van der Waals surface area contributed by atoms with E-state index < -0.39 is 82.8 Å². The van der Waals surface area contributed by atoms with Gasteiger partial charge in [-0.1, -0.05) is 23.9 Å². The number of amides is 7. The van der Waals surface area contributed by atoms with Gasteiger partial charge in [0.15, 0.2) is 0 Å². The molecule has 3 aliphatic heterocycles. The van der Waals surface area contributed by atoms with Gasteiger partial charge in [0.05, 0.1) is 35.5 Å². The Balaban J connectivity index is 0.00000406. The summed E-state index contributed by atoms with van der Waals surface area (Å²) in [5.74, 6) is -6.87. The van der Waals surface area contributed by atoms with Crippen LogP contribution in [-0.2, 0) is 40.6 Å². The van der Waals surface area contributed by atoms with E-state index in [0.717, 1.165) is 28.4 Å². The average Bonchev–Trinajstić information content (AvgIpc) is 3.53. The van der Waals surface area contributed by atoms with Gasteiger partial charge in [0.1, 0.15) is 18.0 Å². The summed E-state index contributed by atoms with van der Waals surface area (Å²) >= 11 is 2.09. The number of benzene rings is 1. The smallest absolute Gasteiger partial charge is 0.548 e. The molecule has 5 N–H and O–H groups in total. The number of carboxylic acid groups (broad SMARTS) is 2. The van der Waals surface area contributed by atoms with E-state index >= 15 is 0 Å². The molecule has 7 amide bonds. The number of rotatable bonds is 13. The zero-order valence-electron chi connectivity index (χ0n) is 29.9. The molecule has 2 saturated heterocycles. The minimum Gasteiger partial charge on any atom is -0.548 e. The van der Waals surface area contributed by atoms with Gasteiger partial charge in [0, 0.05) is 38.1 Å². The number of anilines is 1. The normalized spacial score (nSPS) is 18.8. The number of β-lactam (4-membered cyclic amide) rings is 1. The van der Waals surface area contributed by atoms with Gasteiger partial charge in [-0.15, -0.1) is 16.9 Å². The first kappa shape index (κ1) is 45.6. The second kappa shape index (κ2) is 19.9. The molecule has 4 heterocycles. The molecule has 1 aromatic carbocycles. The quantitative estimate of drug-likeness (QED) is 0.0631. The van der Waals surface area contributed by atoms with E-state index in [4.69, 9.17) is 10.5 Å². The standard InChI is InChI=1S/C29H33N11O11S2.2Na/c1-3-38-7-8-39(24(44)23(38)43)27(49)32-19(13-5-4-6-14(9-13)31-29(50)51-11-16(30)25(45)46)21(42)33-22-15(12-52-28-34-35-36-37(28)2)20(26(47)48)40-17(41)10-18(40)53-22;;/h4-6,9,16,18-19,22H,3,7-8,10-12,30H2,1-2H3,(H,31,50)(H,32,49)(H,33,42)(H,45,46)(H,47,48);;/q;2*+1/p-2/t16-,18+,19?,22?;;/m1../s1. The molecule has 5 rings (SSSR count). The third-order valence-electron chi connectivity index (χ3n) is 8.09. The number of carboxylic acids is 2. The Hall–Kier alpha value is -3.75. The molecule has 4 atom stereocenters. The Labute approximate surface area is 364 Å². The van der Waals surface area contributed by atoms with Gasteiger partial charge >= 0.3 is 83.1 Å². The van der Waals surface area contributed by atoms with Crippen LogP contribution in [0.1, 0.15) is 24.9 Å². The van der Waals surface area contributed by atoms with Crippen LogP contribution >= 0.6 is 23.5 Å². The zero-order chi connectivity index (χ0) is 38.6. The van der Waals surface area contributed by atoms with E-state index in [2.05, 4.69) is 31.5 Å². The monoisotopic (exact) mass is 819 g/mol. The second-order valence-electron chi connectivity index (χ2n) is 11.5. The summed E-state index contributed by atoms with van der Waals surface area (Å²) in [5.41, 5.74) is 4.99. The number of hydrogen-bond donors (Lipinski definition) is 4. The summed E-state index contributed by atoms with van der Waals surface area (Å²) < 4.78 is 6.13. The number of fused-ring (bicyclic) bond motifs is 1. The van der Waals surface area contributed by atoms with Crippen molar-refractivity contribution in [1.29, 1.82) is 0 Å². The Kier molecular flexibility index (Phi) is 16.5. The molecule has 0 aliphatic carbocycles. The predicted octanol–water partition coefficient (Wildman–Crippen LogP) is -10.2. The molecule has 282 valence electrons. The molecule has 2 aromatic rings. The third-order valence-corrected chi connectivity index (χ3v) is 10.5. The molecule has 0 saturated carbocycles. The molecule has 2 unspecified atom stereocenters. The van der Waals surface area contributed by atoms with Crippen molar-refractivity contribution in [2.45, 2.75) is 41.3 Å². The predicted molar refractivity (Wildman–Crippen MR) is 176 cm³/mol.